The van der Waals surface area contributed by atoms with Crippen molar-refractivity contribution in [2.45, 2.75) is 18.5 Å². The lowest BCUT2D eigenvalue weighted by Crippen LogP contribution is -2.50. The maximum atomic E-state index is 12.2. The van der Waals surface area contributed by atoms with Crippen LogP contribution in [0.4, 0.5) is 0 Å². The van der Waals surface area contributed by atoms with Gasteiger partial charge in [0.05, 0.1) is 7.11 Å². The maximum Gasteiger partial charge on any atom is 0.325 e. The highest BCUT2D eigenvalue weighted by molar-refractivity contribution is 5.80. The van der Waals surface area contributed by atoms with E-state index < -0.39 is 11.5 Å². The topological polar surface area (TPSA) is 109 Å². The number of aromatic amines is 1. The number of hydrogen-bond acceptors (Lipinski definition) is 5. The molecule has 4 N–H and O–H groups in total. The summed E-state index contributed by atoms with van der Waals surface area (Å²) in [5.74, 6) is -0.291. The molecule has 1 aliphatic rings. The SMILES string of the molecule is COc1ccc2[nH]c(=O)c(CN3CCC(N)(C(=O)O)C3)cc2c1. The Bertz CT molecular complexity index is 817. The average molecular weight is 317 g/mol. The number of carboxylic acid groups (broad SMARTS) is 1. The van der Waals surface area contributed by atoms with Crippen molar-refractivity contribution < 1.29 is 14.6 Å². The summed E-state index contributed by atoms with van der Waals surface area (Å²) in [5, 5.41) is 10.0. The first-order chi connectivity index (χ1) is 10.9. The Morgan fingerprint density at radius 2 is 2.26 bits per heavy atom. The summed E-state index contributed by atoms with van der Waals surface area (Å²) in [5.41, 5.74) is 5.79. The maximum absolute atomic E-state index is 12.2. The number of nitrogens with two attached hydrogens (primary N) is 1. The van der Waals surface area contributed by atoms with Crippen molar-refractivity contribution in [1.29, 1.82) is 0 Å². The van der Waals surface area contributed by atoms with Crippen LogP contribution in [0.2, 0.25) is 0 Å². The van der Waals surface area contributed by atoms with E-state index in [1.54, 1.807) is 19.2 Å². The van der Waals surface area contributed by atoms with Crippen LogP contribution in [-0.4, -0.2) is 46.7 Å². The smallest absolute Gasteiger partial charge is 0.325 e. The first kappa shape index (κ1) is 15.5. The molecule has 0 radical (unpaired) electrons. The second-order valence-electron chi connectivity index (χ2n) is 6.00. The minimum Gasteiger partial charge on any atom is -0.497 e. The summed E-state index contributed by atoms with van der Waals surface area (Å²) in [6.45, 7) is 1.16. The Labute approximate surface area is 132 Å². The normalized spacial score (nSPS) is 21.7. The van der Waals surface area contributed by atoms with E-state index in [0.717, 1.165) is 10.9 Å². The molecule has 0 aliphatic carbocycles. The van der Waals surface area contributed by atoms with Crippen molar-refractivity contribution in [3.05, 3.63) is 40.2 Å². The fourth-order valence-electron chi connectivity index (χ4n) is 2.94. The summed E-state index contributed by atoms with van der Waals surface area (Å²) in [7, 11) is 1.59. The van der Waals surface area contributed by atoms with Gasteiger partial charge in [0.15, 0.2) is 0 Å². The van der Waals surface area contributed by atoms with Gasteiger partial charge in [-0.25, -0.2) is 0 Å². The van der Waals surface area contributed by atoms with Gasteiger partial charge in [0.25, 0.3) is 5.56 Å². The van der Waals surface area contributed by atoms with E-state index in [1.165, 1.54) is 0 Å². The van der Waals surface area contributed by atoms with Gasteiger partial charge in [-0.3, -0.25) is 14.5 Å². The lowest BCUT2D eigenvalue weighted by Gasteiger charge is -2.19. The molecule has 1 saturated heterocycles. The number of pyridine rings is 1. The largest absolute Gasteiger partial charge is 0.497 e. The number of nitrogens with zero attached hydrogens (tertiary/aromatic N) is 1. The van der Waals surface area contributed by atoms with Crippen molar-refractivity contribution in [1.82, 2.24) is 9.88 Å². The molecule has 2 aromatic rings. The molecule has 1 fully saturated rings. The minimum atomic E-state index is -1.23. The van der Waals surface area contributed by atoms with Gasteiger partial charge < -0.3 is 20.6 Å². The molecule has 3 rings (SSSR count). The number of H-pyrrole nitrogens is 1. The fraction of sp³-hybridized carbons (Fsp3) is 0.375. The summed E-state index contributed by atoms with van der Waals surface area (Å²) >= 11 is 0. The number of aliphatic carboxylic acids is 1. The Morgan fingerprint density at radius 1 is 1.48 bits per heavy atom. The molecule has 2 heterocycles. The molecule has 122 valence electrons. The number of hydrogen-bond donors (Lipinski definition) is 3. The van der Waals surface area contributed by atoms with Gasteiger partial charge in [-0.1, -0.05) is 0 Å². The highest BCUT2D eigenvalue weighted by atomic mass is 16.5. The Morgan fingerprint density at radius 3 is 2.91 bits per heavy atom. The molecule has 1 unspecified atom stereocenters. The molecule has 7 heteroatoms. The number of likely N-dealkylation sites (tertiary alicyclic amines) is 1. The predicted octanol–water partition coefficient (Wildman–Crippen LogP) is 0.525. The van der Waals surface area contributed by atoms with E-state index in [-0.39, 0.29) is 12.1 Å². The van der Waals surface area contributed by atoms with E-state index in [4.69, 9.17) is 10.5 Å². The summed E-state index contributed by atoms with van der Waals surface area (Å²) in [4.78, 5) is 28.1. The number of benzene rings is 1. The number of nitrogens with one attached hydrogen (secondary N) is 1. The molecule has 0 spiro atoms. The Balaban J connectivity index is 1.87. The first-order valence-corrected chi connectivity index (χ1v) is 7.36. The Hall–Kier alpha value is -2.38. The van der Waals surface area contributed by atoms with Gasteiger partial charge in [0.1, 0.15) is 11.3 Å². The highest BCUT2D eigenvalue weighted by Crippen LogP contribution is 2.22. The zero-order chi connectivity index (χ0) is 16.6. The standard InChI is InChI=1S/C16H19N3O4/c1-23-12-2-3-13-10(7-12)6-11(14(20)18-13)8-19-5-4-16(17,9-19)15(21)22/h2-3,6-7H,4-5,8-9,17H2,1H3,(H,18,20)(H,21,22). The molecule has 1 aromatic heterocycles. The third-order valence-corrected chi connectivity index (χ3v) is 4.33. The zero-order valence-corrected chi connectivity index (χ0v) is 12.8. The van der Waals surface area contributed by atoms with Gasteiger partial charge in [0, 0.05) is 36.1 Å². The van der Waals surface area contributed by atoms with Crippen LogP contribution in [0.5, 0.6) is 5.75 Å². The molecule has 1 aliphatic heterocycles. The van der Waals surface area contributed by atoms with Crippen LogP contribution in [0.15, 0.2) is 29.1 Å². The van der Waals surface area contributed by atoms with Crippen molar-refractivity contribution in [3.8, 4) is 5.75 Å². The van der Waals surface area contributed by atoms with Gasteiger partial charge in [-0.2, -0.15) is 0 Å². The van der Waals surface area contributed by atoms with Crippen LogP contribution < -0.4 is 16.0 Å². The number of methoxy groups -OCH3 is 1. The summed E-state index contributed by atoms with van der Waals surface area (Å²) in [6.07, 6.45) is 0.377. The van der Waals surface area contributed by atoms with Crippen LogP contribution in [0.25, 0.3) is 10.9 Å². The number of aromatic nitrogens is 1. The first-order valence-electron chi connectivity index (χ1n) is 7.36. The van der Waals surface area contributed by atoms with E-state index >= 15 is 0 Å². The van der Waals surface area contributed by atoms with E-state index in [0.29, 0.717) is 30.8 Å². The second-order valence-corrected chi connectivity index (χ2v) is 6.00. The van der Waals surface area contributed by atoms with Crippen LogP contribution in [-0.2, 0) is 11.3 Å². The number of carboxylic acids is 1. The molecule has 23 heavy (non-hydrogen) atoms. The number of carbonyl (C=O) groups is 1. The van der Waals surface area contributed by atoms with Crippen molar-refractivity contribution >= 4 is 16.9 Å². The molecular weight excluding hydrogens is 298 g/mol. The van der Waals surface area contributed by atoms with Crippen LogP contribution >= 0.6 is 0 Å². The fourth-order valence-corrected chi connectivity index (χ4v) is 2.94. The summed E-state index contributed by atoms with van der Waals surface area (Å²) < 4.78 is 5.20. The van der Waals surface area contributed by atoms with Crippen molar-refractivity contribution in [3.63, 3.8) is 0 Å². The summed E-state index contributed by atoms with van der Waals surface area (Å²) in [6, 6.07) is 7.25. The van der Waals surface area contributed by atoms with Gasteiger partial charge in [-0.15, -0.1) is 0 Å². The van der Waals surface area contributed by atoms with Gasteiger partial charge in [0.2, 0.25) is 0 Å². The number of rotatable bonds is 4. The van der Waals surface area contributed by atoms with Crippen LogP contribution in [0.3, 0.4) is 0 Å². The molecule has 0 amide bonds. The second kappa shape index (κ2) is 5.68. The number of ether oxygens (including phenoxy) is 1. The van der Waals surface area contributed by atoms with E-state index in [2.05, 4.69) is 4.98 Å². The predicted molar refractivity (Wildman–Crippen MR) is 85.6 cm³/mol. The molecule has 0 saturated carbocycles. The lowest BCUT2D eigenvalue weighted by atomic mass is 10.0. The van der Waals surface area contributed by atoms with E-state index in [1.807, 2.05) is 17.0 Å². The van der Waals surface area contributed by atoms with Crippen LogP contribution in [0, 0.1) is 0 Å². The van der Waals surface area contributed by atoms with Crippen LogP contribution in [0.1, 0.15) is 12.0 Å². The van der Waals surface area contributed by atoms with Gasteiger partial charge in [-0.05, 0) is 30.7 Å². The zero-order valence-electron chi connectivity index (χ0n) is 12.8. The third kappa shape index (κ3) is 2.93. The molecule has 1 atom stereocenters. The quantitative estimate of drug-likeness (QED) is 0.759. The van der Waals surface area contributed by atoms with Gasteiger partial charge >= 0.3 is 5.97 Å². The molecular formula is C16H19N3O4. The minimum absolute atomic E-state index is 0.174. The lowest BCUT2D eigenvalue weighted by molar-refractivity contribution is -0.142. The highest BCUT2D eigenvalue weighted by Gasteiger charge is 2.41. The molecule has 7 nitrogen and oxygen atoms in total. The van der Waals surface area contributed by atoms with Crippen molar-refractivity contribution in [2.75, 3.05) is 20.2 Å². The van der Waals surface area contributed by atoms with Crippen molar-refractivity contribution in [2.24, 2.45) is 5.73 Å². The average Bonchev–Trinajstić information content (AvgIpc) is 2.90. The monoisotopic (exact) mass is 317 g/mol. The number of fused-ring (bicyclic) bond motifs is 1. The Kier molecular flexibility index (Phi) is 3.83. The van der Waals surface area contributed by atoms with E-state index in [9.17, 15) is 14.7 Å². The molecule has 1 aromatic carbocycles. The third-order valence-electron chi connectivity index (χ3n) is 4.33. The molecule has 0 bridgehead atoms.